The molecule has 4 saturated carbocycles. The predicted octanol–water partition coefficient (Wildman–Crippen LogP) is 7.08. The fourth-order valence-electron chi connectivity index (χ4n) is 7.87. The second kappa shape index (κ2) is 7.71. The standard InChI is InChI=1S/C26H36O2S/c1-25-15-13-19(28-29-20-7-4-3-5-8-20)17-18(25)11-12-21-22-9-6-10-24(27)26(22,2)16-14-23(21)25/h3-5,7-8,18-19,21-23H,6,9-17H2,1-2H3. The Morgan fingerprint density at radius 1 is 0.966 bits per heavy atom. The van der Waals surface area contributed by atoms with Crippen LogP contribution in [0.1, 0.15) is 78.1 Å². The van der Waals surface area contributed by atoms with Crippen LogP contribution >= 0.6 is 12.0 Å². The highest BCUT2D eigenvalue weighted by Gasteiger charge is 2.59. The maximum Gasteiger partial charge on any atom is 0.139 e. The maximum absolute atomic E-state index is 12.8. The molecule has 29 heavy (non-hydrogen) atoms. The summed E-state index contributed by atoms with van der Waals surface area (Å²) in [6, 6.07) is 10.5. The molecule has 0 aromatic heterocycles. The van der Waals surface area contributed by atoms with Crippen LogP contribution in [-0.2, 0) is 8.98 Å². The zero-order chi connectivity index (χ0) is 20.1. The third-order valence-electron chi connectivity index (χ3n) is 9.59. The van der Waals surface area contributed by atoms with E-state index in [9.17, 15) is 4.79 Å². The van der Waals surface area contributed by atoms with E-state index in [1.807, 2.05) is 0 Å². The van der Waals surface area contributed by atoms with E-state index in [1.54, 1.807) is 12.0 Å². The summed E-state index contributed by atoms with van der Waals surface area (Å²) in [6.45, 7) is 4.91. The van der Waals surface area contributed by atoms with Gasteiger partial charge in [-0.05, 0) is 99.0 Å². The van der Waals surface area contributed by atoms with E-state index in [4.69, 9.17) is 4.18 Å². The van der Waals surface area contributed by atoms with Crippen molar-refractivity contribution in [2.45, 2.75) is 89.1 Å². The molecule has 0 radical (unpaired) electrons. The first-order valence-electron chi connectivity index (χ1n) is 11.9. The second-order valence-corrected chi connectivity index (χ2v) is 11.6. The third kappa shape index (κ3) is 3.41. The second-order valence-electron chi connectivity index (χ2n) is 10.8. The highest BCUT2D eigenvalue weighted by molar-refractivity contribution is 7.94. The van der Waals surface area contributed by atoms with Gasteiger partial charge in [-0.15, -0.1) is 0 Å². The molecule has 0 aliphatic heterocycles. The van der Waals surface area contributed by atoms with Crippen LogP contribution in [0.4, 0.5) is 0 Å². The van der Waals surface area contributed by atoms with Crippen molar-refractivity contribution in [2.24, 2.45) is 34.5 Å². The summed E-state index contributed by atoms with van der Waals surface area (Å²) in [5, 5.41) is 0. The SMILES string of the molecule is CC12CCC3C(CCC4CC(OSc5ccccc5)CCC43C)C1CCCC2=O. The maximum atomic E-state index is 12.8. The van der Waals surface area contributed by atoms with Gasteiger partial charge in [-0.25, -0.2) is 0 Å². The van der Waals surface area contributed by atoms with Crippen molar-refractivity contribution < 1.29 is 8.98 Å². The molecule has 0 N–H and O–H groups in total. The van der Waals surface area contributed by atoms with E-state index in [0.29, 0.717) is 23.2 Å². The molecule has 0 spiro atoms. The largest absolute Gasteiger partial charge is 0.307 e. The lowest BCUT2D eigenvalue weighted by Crippen LogP contribution is -2.56. The first-order valence-corrected chi connectivity index (χ1v) is 12.7. The Bertz CT molecular complexity index is 748. The van der Waals surface area contributed by atoms with Crippen LogP contribution in [0.25, 0.3) is 0 Å². The Labute approximate surface area is 180 Å². The number of rotatable bonds is 3. The minimum Gasteiger partial charge on any atom is -0.307 e. The topological polar surface area (TPSA) is 26.3 Å². The zero-order valence-electron chi connectivity index (χ0n) is 18.1. The molecule has 4 aliphatic rings. The fourth-order valence-corrected chi connectivity index (χ4v) is 8.56. The Morgan fingerprint density at radius 3 is 2.62 bits per heavy atom. The van der Waals surface area contributed by atoms with Crippen LogP contribution in [0, 0.1) is 34.5 Å². The first-order chi connectivity index (χ1) is 14.0. The van der Waals surface area contributed by atoms with E-state index in [0.717, 1.165) is 37.0 Å². The van der Waals surface area contributed by atoms with Gasteiger partial charge in [0.25, 0.3) is 0 Å². The van der Waals surface area contributed by atoms with Crippen molar-refractivity contribution in [1.82, 2.24) is 0 Å². The average Bonchev–Trinajstić information content (AvgIpc) is 2.73. The van der Waals surface area contributed by atoms with Gasteiger partial charge >= 0.3 is 0 Å². The molecule has 4 fully saturated rings. The normalized spacial score (nSPS) is 44.5. The number of hydrogen-bond donors (Lipinski definition) is 0. The number of ketones is 1. The van der Waals surface area contributed by atoms with Gasteiger partial charge in [0.1, 0.15) is 5.78 Å². The molecule has 5 rings (SSSR count). The number of benzene rings is 1. The lowest BCUT2D eigenvalue weighted by molar-refractivity contribution is -0.157. The molecule has 3 heteroatoms. The van der Waals surface area contributed by atoms with Gasteiger partial charge in [0.15, 0.2) is 0 Å². The van der Waals surface area contributed by atoms with Crippen molar-refractivity contribution in [3.63, 3.8) is 0 Å². The van der Waals surface area contributed by atoms with Gasteiger partial charge in [-0.2, -0.15) is 0 Å². The molecule has 0 saturated heterocycles. The number of carbonyl (C=O) groups is 1. The summed E-state index contributed by atoms with van der Waals surface area (Å²) in [5.74, 6) is 3.64. The summed E-state index contributed by atoms with van der Waals surface area (Å²) < 4.78 is 6.29. The van der Waals surface area contributed by atoms with Crippen LogP contribution in [0.3, 0.4) is 0 Å². The highest BCUT2D eigenvalue weighted by Crippen LogP contribution is 2.65. The van der Waals surface area contributed by atoms with Gasteiger partial charge in [-0.3, -0.25) is 4.79 Å². The van der Waals surface area contributed by atoms with E-state index in [-0.39, 0.29) is 5.41 Å². The number of carbonyl (C=O) groups excluding carboxylic acids is 1. The molecule has 7 unspecified atom stereocenters. The first kappa shape index (κ1) is 20.1. The van der Waals surface area contributed by atoms with E-state index in [1.165, 1.54) is 49.8 Å². The number of hydrogen-bond acceptors (Lipinski definition) is 3. The molecule has 0 amide bonds. The Balaban J connectivity index is 1.27. The van der Waals surface area contributed by atoms with Gasteiger partial charge in [-0.1, -0.05) is 32.0 Å². The van der Waals surface area contributed by atoms with Crippen LogP contribution in [-0.4, -0.2) is 11.9 Å². The van der Waals surface area contributed by atoms with Gasteiger partial charge < -0.3 is 4.18 Å². The molecular formula is C26H36O2S. The molecule has 7 atom stereocenters. The van der Waals surface area contributed by atoms with Gasteiger partial charge in [0.05, 0.1) is 6.10 Å². The number of fused-ring (bicyclic) bond motifs is 5. The summed E-state index contributed by atoms with van der Waals surface area (Å²) in [6.07, 6.45) is 12.5. The molecular weight excluding hydrogens is 376 g/mol. The summed E-state index contributed by atoms with van der Waals surface area (Å²) in [4.78, 5) is 14.0. The predicted molar refractivity (Wildman–Crippen MR) is 119 cm³/mol. The minimum atomic E-state index is -0.00471. The van der Waals surface area contributed by atoms with Gasteiger partial charge in [0.2, 0.25) is 0 Å². The Kier molecular flexibility index (Phi) is 5.35. The fraction of sp³-hybridized carbons (Fsp3) is 0.731. The Morgan fingerprint density at radius 2 is 1.79 bits per heavy atom. The summed E-state index contributed by atoms with van der Waals surface area (Å²) >= 11 is 1.57. The molecule has 1 aromatic carbocycles. The molecule has 1 aromatic rings. The third-order valence-corrected chi connectivity index (χ3v) is 10.4. The van der Waals surface area contributed by atoms with Crippen molar-refractivity contribution in [2.75, 3.05) is 0 Å². The zero-order valence-corrected chi connectivity index (χ0v) is 18.9. The number of Topliss-reactive ketones (excluding diaryl/α,β-unsaturated/α-hetero) is 1. The highest BCUT2D eigenvalue weighted by atomic mass is 32.2. The lowest BCUT2D eigenvalue weighted by Gasteiger charge is -2.62. The van der Waals surface area contributed by atoms with E-state index < -0.39 is 0 Å². The lowest BCUT2D eigenvalue weighted by atomic mass is 9.43. The van der Waals surface area contributed by atoms with Gasteiger partial charge in [0, 0.05) is 28.8 Å². The van der Waals surface area contributed by atoms with Crippen molar-refractivity contribution in [3.8, 4) is 0 Å². The molecule has 4 aliphatic carbocycles. The molecule has 0 bridgehead atoms. The molecule has 0 heterocycles. The van der Waals surface area contributed by atoms with Crippen LogP contribution < -0.4 is 0 Å². The summed E-state index contributed by atoms with van der Waals surface area (Å²) in [5.41, 5.74) is 0.456. The van der Waals surface area contributed by atoms with Crippen LogP contribution in [0.5, 0.6) is 0 Å². The summed E-state index contributed by atoms with van der Waals surface area (Å²) in [7, 11) is 0. The van der Waals surface area contributed by atoms with Crippen molar-refractivity contribution in [3.05, 3.63) is 30.3 Å². The van der Waals surface area contributed by atoms with Crippen LogP contribution in [0.15, 0.2) is 35.2 Å². The average molecular weight is 413 g/mol. The molecule has 158 valence electrons. The van der Waals surface area contributed by atoms with E-state index >= 15 is 0 Å². The minimum absolute atomic E-state index is 0.00471. The smallest absolute Gasteiger partial charge is 0.139 e. The quantitative estimate of drug-likeness (QED) is 0.496. The van der Waals surface area contributed by atoms with E-state index in [2.05, 4.69) is 44.2 Å². The van der Waals surface area contributed by atoms with Crippen molar-refractivity contribution >= 4 is 17.8 Å². The van der Waals surface area contributed by atoms with Crippen LogP contribution in [0.2, 0.25) is 0 Å². The Hall–Kier alpha value is -0.800. The monoisotopic (exact) mass is 412 g/mol. The van der Waals surface area contributed by atoms with Crippen molar-refractivity contribution in [1.29, 1.82) is 0 Å². The molecule has 2 nitrogen and oxygen atoms in total.